The Hall–Kier alpha value is -3.36. The first-order valence-corrected chi connectivity index (χ1v) is 7.65. The van der Waals surface area contributed by atoms with Crippen LogP contribution in [0.4, 0.5) is 15.9 Å². The van der Waals surface area contributed by atoms with Gasteiger partial charge in [0.05, 0.1) is 11.5 Å². The number of rotatable bonds is 3. The van der Waals surface area contributed by atoms with Crippen molar-refractivity contribution in [2.75, 3.05) is 11.4 Å². The van der Waals surface area contributed by atoms with Crippen LogP contribution in [-0.2, 0) is 13.1 Å². The molecule has 0 bridgehead atoms. The van der Waals surface area contributed by atoms with Gasteiger partial charge in [-0.25, -0.2) is 9.37 Å². The highest BCUT2D eigenvalue weighted by Gasteiger charge is 2.23. The fraction of sp³-hybridized carbons (Fsp3) is 0.188. The number of benzene rings is 1. The van der Waals surface area contributed by atoms with Gasteiger partial charge in [0.1, 0.15) is 17.8 Å². The quantitative estimate of drug-likeness (QED) is 0.537. The molecule has 0 atom stereocenters. The van der Waals surface area contributed by atoms with Gasteiger partial charge in [0.25, 0.3) is 5.69 Å². The minimum atomic E-state index is -0.477. The number of nitrogens with zero attached hydrogens (tertiary/aromatic N) is 6. The average molecular weight is 340 g/mol. The van der Waals surface area contributed by atoms with Crippen LogP contribution in [0, 0.1) is 15.9 Å². The molecule has 1 aliphatic rings. The lowest BCUT2D eigenvalue weighted by molar-refractivity contribution is -0.385. The molecule has 126 valence electrons. The largest absolute Gasteiger partial charge is 0.347 e. The van der Waals surface area contributed by atoms with Crippen LogP contribution in [0.5, 0.6) is 0 Å². The highest BCUT2D eigenvalue weighted by atomic mass is 19.1. The van der Waals surface area contributed by atoms with E-state index in [1.54, 1.807) is 18.2 Å². The minimum absolute atomic E-state index is 0.0442. The Morgan fingerprint density at radius 2 is 2.04 bits per heavy atom. The number of anilines is 1. The lowest BCUT2D eigenvalue weighted by Gasteiger charge is -2.28. The van der Waals surface area contributed by atoms with Crippen LogP contribution in [0.15, 0.2) is 42.6 Å². The summed E-state index contributed by atoms with van der Waals surface area (Å²) in [6.07, 6.45) is 1.24. The normalized spacial score (nSPS) is 13.6. The maximum atomic E-state index is 13.4. The molecule has 8 nitrogen and oxygen atoms in total. The van der Waals surface area contributed by atoms with Gasteiger partial charge in [0.15, 0.2) is 11.6 Å². The van der Waals surface area contributed by atoms with E-state index < -0.39 is 4.92 Å². The van der Waals surface area contributed by atoms with Crippen molar-refractivity contribution >= 4 is 11.5 Å². The molecule has 0 N–H and O–H groups in total. The monoisotopic (exact) mass is 340 g/mol. The van der Waals surface area contributed by atoms with Crippen LogP contribution < -0.4 is 4.90 Å². The number of hydrogen-bond donors (Lipinski definition) is 0. The Bertz CT molecular complexity index is 940. The molecule has 0 amide bonds. The van der Waals surface area contributed by atoms with E-state index in [2.05, 4.69) is 15.2 Å². The summed E-state index contributed by atoms with van der Waals surface area (Å²) in [4.78, 5) is 16.4. The molecule has 0 radical (unpaired) electrons. The van der Waals surface area contributed by atoms with E-state index in [9.17, 15) is 14.5 Å². The van der Waals surface area contributed by atoms with Crippen molar-refractivity contribution in [2.24, 2.45) is 0 Å². The topological polar surface area (TPSA) is 90.0 Å². The lowest BCUT2D eigenvalue weighted by Crippen LogP contribution is -2.34. The summed E-state index contributed by atoms with van der Waals surface area (Å²) in [5.41, 5.74) is 0.637. The Kier molecular flexibility index (Phi) is 3.60. The number of fused-ring (bicyclic) bond motifs is 1. The Morgan fingerprint density at radius 3 is 2.76 bits per heavy atom. The van der Waals surface area contributed by atoms with Gasteiger partial charge in [-0.15, -0.1) is 10.2 Å². The molecular formula is C16H13FN6O2. The minimum Gasteiger partial charge on any atom is -0.347 e. The van der Waals surface area contributed by atoms with Crippen molar-refractivity contribution in [1.82, 2.24) is 19.7 Å². The van der Waals surface area contributed by atoms with Gasteiger partial charge >= 0.3 is 0 Å². The molecule has 9 heteroatoms. The highest BCUT2D eigenvalue weighted by molar-refractivity contribution is 5.56. The molecule has 0 saturated heterocycles. The molecule has 3 heterocycles. The molecule has 3 aromatic rings. The van der Waals surface area contributed by atoms with E-state index in [-0.39, 0.29) is 11.5 Å². The van der Waals surface area contributed by atoms with Gasteiger partial charge in [0, 0.05) is 24.7 Å². The number of pyridine rings is 1. The third kappa shape index (κ3) is 2.80. The first-order chi connectivity index (χ1) is 12.1. The Morgan fingerprint density at radius 1 is 1.16 bits per heavy atom. The van der Waals surface area contributed by atoms with Crippen LogP contribution in [0.25, 0.3) is 11.4 Å². The summed E-state index contributed by atoms with van der Waals surface area (Å²) in [6, 6.07) is 9.31. The second-order valence-electron chi connectivity index (χ2n) is 5.66. The zero-order chi connectivity index (χ0) is 17.4. The smallest absolute Gasteiger partial charge is 0.287 e. The van der Waals surface area contributed by atoms with Crippen LogP contribution in [-0.4, -0.2) is 31.2 Å². The molecule has 0 unspecified atom stereocenters. The number of hydrogen-bond acceptors (Lipinski definition) is 6. The van der Waals surface area contributed by atoms with Gasteiger partial charge in [-0.1, -0.05) is 12.1 Å². The molecular weight excluding hydrogens is 327 g/mol. The molecule has 1 aromatic carbocycles. The van der Waals surface area contributed by atoms with Gasteiger partial charge in [-0.05, 0) is 18.2 Å². The average Bonchev–Trinajstić information content (AvgIpc) is 3.05. The molecule has 25 heavy (non-hydrogen) atoms. The van der Waals surface area contributed by atoms with Crippen molar-refractivity contribution in [3.8, 4) is 11.4 Å². The van der Waals surface area contributed by atoms with Crippen molar-refractivity contribution in [3.05, 3.63) is 64.4 Å². The molecule has 2 aromatic heterocycles. The van der Waals surface area contributed by atoms with Gasteiger partial charge in [-0.3, -0.25) is 10.1 Å². The summed E-state index contributed by atoms with van der Waals surface area (Å²) in [5.74, 6) is 1.70. The number of nitro groups is 1. The van der Waals surface area contributed by atoms with Crippen LogP contribution in [0.2, 0.25) is 0 Å². The third-order valence-corrected chi connectivity index (χ3v) is 4.10. The summed E-state index contributed by atoms with van der Waals surface area (Å²) >= 11 is 0. The second kappa shape index (κ2) is 5.93. The van der Waals surface area contributed by atoms with Gasteiger partial charge < -0.3 is 9.47 Å². The summed E-state index contributed by atoms with van der Waals surface area (Å²) in [7, 11) is 0. The predicted molar refractivity (Wildman–Crippen MR) is 87.4 cm³/mol. The number of aromatic nitrogens is 4. The van der Waals surface area contributed by atoms with Crippen LogP contribution >= 0.6 is 0 Å². The molecule has 4 rings (SSSR count). The highest BCUT2D eigenvalue weighted by Crippen LogP contribution is 2.25. The van der Waals surface area contributed by atoms with E-state index in [0.717, 1.165) is 5.82 Å². The number of halogens is 1. The van der Waals surface area contributed by atoms with Gasteiger partial charge in [-0.2, -0.15) is 0 Å². The summed E-state index contributed by atoms with van der Waals surface area (Å²) in [6.45, 7) is 1.75. The van der Waals surface area contributed by atoms with Crippen molar-refractivity contribution < 1.29 is 9.31 Å². The van der Waals surface area contributed by atoms with E-state index in [1.165, 1.54) is 24.4 Å². The molecule has 0 spiro atoms. The van der Waals surface area contributed by atoms with E-state index in [0.29, 0.717) is 36.8 Å². The summed E-state index contributed by atoms with van der Waals surface area (Å²) in [5, 5.41) is 19.1. The van der Waals surface area contributed by atoms with E-state index in [4.69, 9.17) is 0 Å². The fourth-order valence-electron chi connectivity index (χ4n) is 2.87. The van der Waals surface area contributed by atoms with E-state index >= 15 is 0 Å². The Balaban J connectivity index is 1.59. The van der Waals surface area contributed by atoms with Crippen molar-refractivity contribution in [1.29, 1.82) is 0 Å². The van der Waals surface area contributed by atoms with Crippen molar-refractivity contribution in [2.45, 2.75) is 13.1 Å². The predicted octanol–water partition coefficient (Wildman–Crippen LogP) is 2.41. The van der Waals surface area contributed by atoms with Crippen LogP contribution in [0.3, 0.4) is 0 Å². The second-order valence-corrected chi connectivity index (χ2v) is 5.66. The maximum absolute atomic E-state index is 13.4. The van der Waals surface area contributed by atoms with E-state index in [1.807, 2.05) is 9.47 Å². The molecule has 0 aliphatic carbocycles. The first kappa shape index (κ1) is 15.2. The maximum Gasteiger partial charge on any atom is 0.287 e. The zero-order valence-corrected chi connectivity index (χ0v) is 13.0. The van der Waals surface area contributed by atoms with Crippen molar-refractivity contribution in [3.63, 3.8) is 0 Å². The van der Waals surface area contributed by atoms with Gasteiger partial charge in [0.2, 0.25) is 0 Å². The molecule has 0 fully saturated rings. The fourth-order valence-corrected chi connectivity index (χ4v) is 2.87. The third-order valence-electron chi connectivity index (χ3n) is 4.10. The van der Waals surface area contributed by atoms with Crippen LogP contribution in [0.1, 0.15) is 5.82 Å². The molecule has 0 saturated carbocycles. The SMILES string of the molecule is O=[N+]([O-])c1ccc(N2CCn3c(nnc3-c3cccc(F)c3)C2)nc1. The summed E-state index contributed by atoms with van der Waals surface area (Å²) < 4.78 is 15.4. The zero-order valence-electron chi connectivity index (χ0n) is 13.0. The Labute approximate surface area is 141 Å². The first-order valence-electron chi connectivity index (χ1n) is 7.65. The molecule has 1 aliphatic heterocycles. The standard InChI is InChI=1S/C16H13FN6O2/c17-12-3-1-2-11(8-12)16-20-19-15-10-21(6-7-22(15)16)14-5-4-13(9-18-14)23(24)25/h1-5,8-9H,6-7,10H2. The lowest BCUT2D eigenvalue weighted by atomic mass is 10.2.